The molecule has 0 saturated carbocycles. The number of halogens is 3. The fourth-order valence-electron chi connectivity index (χ4n) is 0.764. The minimum absolute atomic E-state index is 0.119. The number of rotatable bonds is 4. The summed E-state index contributed by atoms with van der Waals surface area (Å²) in [5.74, 6) is -2.27. The Balaban J connectivity index is 4.18. The molecular weight excluding hydrogens is 199 g/mol. The van der Waals surface area contributed by atoms with Crippen molar-refractivity contribution in [3.63, 3.8) is 0 Å². The minimum atomic E-state index is -4.56. The molecule has 0 heterocycles. The van der Waals surface area contributed by atoms with Crippen molar-refractivity contribution in [2.75, 3.05) is 6.61 Å². The lowest BCUT2D eigenvalue weighted by molar-refractivity contribution is -0.174. The summed E-state index contributed by atoms with van der Waals surface area (Å²) in [6.45, 7) is 2.98. The first-order chi connectivity index (χ1) is 6.30. The lowest BCUT2D eigenvalue weighted by Gasteiger charge is -2.20. The van der Waals surface area contributed by atoms with E-state index < -0.39 is 24.1 Å². The van der Waals surface area contributed by atoms with Crippen LogP contribution in [0.2, 0.25) is 0 Å². The van der Waals surface area contributed by atoms with Crippen LogP contribution in [0, 0.1) is 5.92 Å². The molecule has 0 aromatic heterocycles. The van der Waals surface area contributed by atoms with Gasteiger partial charge in [-0.15, -0.1) is 0 Å². The molecule has 14 heavy (non-hydrogen) atoms. The average molecular weight is 213 g/mol. The average Bonchev–Trinajstić information content (AvgIpc) is 2.10. The van der Waals surface area contributed by atoms with Gasteiger partial charge < -0.3 is 10.5 Å². The van der Waals surface area contributed by atoms with Crippen LogP contribution in [0.3, 0.4) is 0 Å². The normalized spacial score (nSPS) is 16.1. The Labute approximate surface area is 80.4 Å². The van der Waals surface area contributed by atoms with Crippen molar-refractivity contribution in [3.05, 3.63) is 0 Å². The third-order valence-corrected chi connectivity index (χ3v) is 1.74. The molecule has 2 N–H and O–H groups in total. The second kappa shape index (κ2) is 5.19. The van der Waals surface area contributed by atoms with E-state index in [0.29, 0.717) is 6.42 Å². The molecule has 0 aromatic rings. The van der Waals surface area contributed by atoms with Gasteiger partial charge in [-0.25, -0.2) is 0 Å². The van der Waals surface area contributed by atoms with Gasteiger partial charge in [0.15, 0.2) is 0 Å². The molecule has 0 radical (unpaired) electrons. The molecule has 0 spiro atoms. The molecule has 0 aromatic carbocycles. The molecular formula is C8H14F3NO2. The summed E-state index contributed by atoms with van der Waals surface area (Å²) < 4.78 is 40.7. The van der Waals surface area contributed by atoms with Crippen molar-refractivity contribution < 1.29 is 22.7 Å². The van der Waals surface area contributed by atoms with E-state index >= 15 is 0 Å². The predicted octanol–water partition coefficient (Wildman–Crippen LogP) is 1.47. The van der Waals surface area contributed by atoms with Crippen LogP contribution in [-0.4, -0.2) is 24.8 Å². The molecule has 0 amide bonds. The number of esters is 1. The van der Waals surface area contributed by atoms with Crippen LogP contribution in [-0.2, 0) is 9.53 Å². The lowest BCUT2D eigenvalue weighted by Crippen LogP contribution is -2.46. The molecule has 3 nitrogen and oxygen atoms in total. The van der Waals surface area contributed by atoms with Crippen LogP contribution in [0.1, 0.15) is 20.3 Å². The third kappa shape index (κ3) is 3.95. The number of ether oxygens (including phenoxy) is 1. The lowest BCUT2D eigenvalue weighted by atomic mass is 10.0. The zero-order valence-electron chi connectivity index (χ0n) is 8.10. The SMILES string of the molecule is CCCOC(=O)[C@H](C)[C@@H](N)C(F)(F)F. The van der Waals surface area contributed by atoms with Gasteiger partial charge in [0.2, 0.25) is 0 Å². The largest absolute Gasteiger partial charge is 0.465 e. The highest BCUT2D eigenvalue weighted by Gasteiger charge is 2.43. The highest BCUT2D eigenvalue weighted by molar-refractivity contribution is 5.72. The second-order valence-corrected chi connectivity index (χ2v) is 3.02. The van der Waals surface area contributed by atoms with E-state index in [1.807, 2.05) is 0 Å². The number of nitrogens with two attached hydrogens (primary N) is 1. The van der Waals surface area contributed by atoms with Gasteiger partial charge in [0.25, 0.3) is 0 Å². The van der Waals surface area contributed by atoms with Gasteiger partial charge >= 0.3 is 12.1 Å². The molecule has 84 valence electrons. The number of hydrogen-bond donors (Lipinski definition) is 1. The number of alkyl halides is 3. The van der Waals surface area contributed by atoms with Gasteiger partial charge in [0.1, 0.15) is 6.04 Å². The topological polar surface area (TPSA) is 52.3 Å². The van der Waals surface area contributed by atoms with Crippen LogP contribution in [0.5, 0.6) is 0 Å². The van der Waals surface area contributed by atoms with E-state index in [1.54, 1.807) is 6.92 Å². The monoisotopic (exact) mass is 213 g/mol. The molecule has 0 aliphatic rings. The van der Waals surface area contributed by atoms with Gasteiger partial charge in [-0.2, -0.15) is 13.2 Å². The van der Waals surface area contributed by atoms with Gasteiger partial charge in [-0.1, -0.05) is 13.8 Å². The number of hydrogen-bond acceptors (Lipinski definition) is 3. The highest BCUT2D eigenvalue weighted by Crippen LogP contribution is 2.24. The maximum absolute atomic E-state index is 12.0. The Morgan fingerprint density at radius 2 is 2.00 bits per heavy atom. The van der Waals surface area contributed by atoms with Crippen LogP contribution in [0.4, 0.5) is 13.2 Å². The molecule has 0 bridgehead atoms. The summed E-state index contributed by atoms with van der Waals surface area (Å²) in [6, 6.07) is -2.16. The van der Waals surface area contributed by atoms with E-state index in [1.165, 1.54) is 0 Å². The van der Waals surface area contributed by atoms with E-state index in [4.69, 9.17) is 5.73 Å². The smallest absolute Gasteiger partial charge is 0.404 e. The van der Waals surface area contributed by atoms with Gasteiger partial charge in [0, 0.05) is 0 Å². The van der Waals surface area contributed by atoms with Crippen LogP contribution < -0.4 is 5.73 Å². The summed E-state index contributed by atoms with van der Waals surface area (Å²) in [5.41, 5.74) is 4.84. The highest BCUT2D eigenvalue weighted by atomic mass is 19.4. The first kappa shape index (κ1) is 13.2. The molecule has 0 fully saturated rings. The second-order valence-electron chi connectivity index (χ2n) is 3.02. The van der Waals surface area contributed by atoms with E-state index in [0.717, 1.165) is 6.92 Å². The summed E-state index contributed by atoms with van der Waals surface area (Å²) >= 11 is 0. The van der Waals surface area contributed by atoms with Crippen LogP contribution in [0.15, 0.2) is 0 Å². The van der Waals surface area contributed by atoms with E-state index in [-0.39, 0.29) is 6.61 Å². The molecule has 0 rings (SSSR count). The van der Waals surface area contributed by atoms with Gasteiger partial charge in [0.05, 0.1) is 12.5 Å². The van der Waals surface area contributed by atoms with Crippen molar-refractivity contribution in [1.82, 2.24) is 0 Å². The quantitative estimate of drug-likeness (QED) is 0.719. The maximum atomic E-state index is 12.0. The van der Waals surface area contributed by atoms with E-state index in [2.05, 4.69) is 4.74 Å². The molecule has 2 atom stereocenters. The Hall–Kier alpha value is -0.780. The summed E-state index contributed by atoms with van der Waals surface area (Å²) in [6.07, 6.45) is -4.00. The predicted molar refractivity (Wildman–Crippen MR) is 44.4 cm³/mol. The van der Waals surface area contributed by atoms with Gasteiger partial charge in [-0.3, -0.25) is 4.79 Å². The van der Waals surface area contributed by atoms with Crippen LogP contribution in [0.25, 0.3) is 0 Å². The molecule has 0 aliphatic carbocycles. The standard InChI is InChI=1S/C8H14F3NO2/c1-3-4-14-7(13)5(2)6(12)8(9,10)11/h5-6H,3-4,12H2,1-2H3/t5-,6-/m1/s1. The van der Waals surface area contributed by atoms with Crippen molar-refractivity contribution in [3.8, 4) is 0 Å². The Morgan fingerprint density at radius 1 is 1.50 bits per heavy atom. The number of carbonyl (C=O) groups excluding carboxylic acids is 1. The summed E-state index contributed by atoms with van der Waals surface area (Å²) in [5, 5.41) is 0. The van der Waals surface area contributed by atoms with Crippen molar-refractivity contribution in [1.29, 1.82) is 0 Å². The zero-order valence-corrected chi connectivity index (χ0v) is 8.10. The first-order valence-corrected chi connectivity index (χ1v) is 4.29. The van der Waals surface area contributed by atoms with Crippen molar-refractivity contribution in [2.24, 2.45) is 11.7 Å². The molecule has 0 unspecified atom stereocenters. The van der Waals surface area contributed by atoms with Gasteiger partial charge in [-0.05, 0) is 6.42 Å². The Kier molecular flexibility index (Phi) is 4.90. The molecule has 0 saturated heterocycles. The van der Waals surface area contributed by atoms with Crippen molar-refractivity contribution >= 4 is 5.97 Å². The first-order valence-electron chi connectivity index (χ1n) is 4.29. The third-order valence-electron chi connectivity index (χ3n) is 1.74. The van der Waals surface area contributed by atoms with Crippen molar-refractivity contribution in [2.45, 2.75) is 32.5 Å². The van der Waals surface area contributed by atoms with Crippen LogP contribution >= 0.6 is 0 Å². The summed E-state index contributed by atoms with van der Waals surface area (Å²) in [4.78, 5) is 11.0. The maximum Gasteiger partial charge on any atom is 0.404 e. The van der Waals surface area contributed by atoms with E-state index in [9.17, 15) is 18.0 Å². The minimum Gasteiger partial charge on any atom is -0.465 e. The number of carbonyl (C=O) groups is 1. The Morgan fingerprint density at radius 3 is 2.36 bits per heavy atom. The summed E-state index contributed by atoms with van der Waals surface area (Å²) in [7, 11) is 0. The molecule has 6 heteroatoms. The fraction of sp³-hybridized carbons (Fsp3) is 0.875. The zero-order chi connectivity index (χ0) is 11.4. The molecule has 0 aliphatic heterocycles. The Bertz CT molecular complexity index is 194. The fourth-order valence-corrected chi connectivity index (χ4v) is 0.764.